The molecular formula is C11H14ClNO. The van der Waals surface area contributed by atoms with Gasteiger partial charge in [-0.15, -0.1) is 0 Å². The number of rotatable bonds is 2. The average Bonchev–Trinajstić information content (AvgIpc) is 2.14. The molecule has 0 radical (unpaired) electrons. The third-order valence-electron chi connectivity index (χ3n) is 3.08. The first-order chi connectivity index (χ1) is 6.72. The van der Waals surface area contributed by atoms with Gasteiger partial charge in [0.15, 0.2) is 0 Å². The molecule has 0 spiro atoms. The number of hydrogen-bond acceptors (Lipinski definition) is 2. The highest BCUT2D eigenvalue weighted by atomic mass is 35.5. The summed E-state index contributed by atoms with van der Waals surface area (Å²) in [5.74, 6) is 0.585. The Morgan fingerprint density at radius 1 is 1.50 bits per heavy atom. The zero-order valence-corrected chi connectivity index (χ0v) is 8.61. The fraction of sp³-hybridized carbons (Fsp3) is 0.455. The highest BCUT2D eigenvalue weighted by Crippen LogP contribution is 2.41. The molecule has 0 bridgehead atoms. The molecule has 3 atom stereocenters. The Labute approximate surface area is 88.7 Å². The first kappa shape index (κ1) is 9.97. The number of nitrogens with two attached hydrogens (primary N) is 1. The second kappa shape index (κ2) is 3.89. The highest BCUT2D eigenvalue weighted by Gasteiger charge is 2.38. The van der Waals surface area contributed by atoms with Gasteiger partial charge in [0.2, 0.25) is 0 Å². The second-order valence-electron chi connectivity index (χ2n) is 3.91. The zero-order chi connectivity index (χ0) is 10.1. The monoisotopic (exact) mass is 211 g/mol. The largest absolute Gasteiger partial charge is 0.396 e. The summed E-state index contributed by atoms with van der Waals surface area (Å²) in [5, 5.41) is 9.89. The Bertz CT molecular complexity index is 329. The first-order valence-electron chi connectivity index (χ1n) is 4.84. The van der Waals surface area contributed by atoms with Crippen LogP contribution in [0.1, 0.15) is 17.9 Å². The molecule has 3 heteroatoms. The number of aliphatic hydroxyl groups excluding tert-OH is 1. The zero-order valence-electron chi connectivity index (χ0n) is 7.86. The molecule has 0 saturated heterocycles. The maximum Gasteiger partial charge on any atom is 0.0479 e. The van der Waals surface area contributed by atoms with Crippen molar-refractivity contribution in [1.29, 1.82) is 0 Å². The van der Waals surface area contributed by atoms with E-state index in [1.54, 1.807) is 0 Å². The molecule has 3 N–H and O–H groups in total. The number of benzene rings is 1. The molecule has 0 heterocycles. The van der Waals surface area contributed by atoms with Gasteiger partial charge in [-0.05, 0) is 30.0 Å². The molecule has 1 saturated carbocycles. The van der Waals surface area contributed by atoms with E-state index in [-0.39, 0.29) is 18.6 Å². The molecule has 1 aliphatic carbocycles. The molecule has 2 rings (SSSR count). The normalized spacial score (nSPS) is 31.2. The van der Waals surface area contributed by atoms with Gasteiger partial charge in [-0.1, -0.05) is 23.7 Å². The van der Waals surface area contributed by atoms with Gasteiger partial charge in [-0.2, -0.15) is 0 Å². The standard InChI is InChI=1S/C11H14ClNO/c12-8-3-1-2-7(4-8)9-5-11(13)10(9)6-14/h1-4,9-11,14H,5-6,13H2/t9-,10-,11-/m1/s1. The van der Waals surface area contributed by atoms with Gasteiger partial charge in [0.05, 0.1) is 0 Å². The van der Waals surface area contributed by atoms with E-state index < -0.39 is 0 Å². The Balaban J connectivity index is 2.16. The van der Waals surface area contributed by atoms with Crippen LogP contribution in [0.4, 0.5) is 0 Å². The average molecular weight is 212 g/mol. The van der Waals surface area contributed by atoms with E-state index in [2.05, 4.69) is 0 Å². The maximum atomic E-state index is 9.14. The minimum absolute atomic E-state index is 0.143. The molecule has 0 aromatic heterocycles. The van der Waals surface area contributed by atoms with Crippen molar-refractivity contribution in [3.8, 4) is 0 Å². The summed E-state index contributed by atoms with van der Waals surface area (Å²) in [6, 6.07) is 7.95. The molecule has 14 heavy (non-hydrogen) atoms. The van der Waals surface area contributed by atoms with Gasteiger partial charge in [0.25, 0.3) is 0 Å². The summed E-state index contributed by atoms with van der Waals surface area (Å²) < 4.78 is 0. The van der Waals surface area contributed by atoms with Gasteiger partial charge in [-0.25, -0.2) is 0 Å². The lowest BCUT2D eigenvalue weighted by molar-refractivity contribution is 0.109. The minimum Gasteiger partial charge on any atom is -0.396 e. The van der Waals surface area contributed by atoms with E-state index in [4.69, 9.17) is 22.4 Å². The lowest BCUT2D eigenvalue weighted by Gasteiger charge is -2.42. The van der Waals surface area contributed by atoms with E-state index in [1.165, 1.54) is 5.56 Å². The van der Waals surface area contributed by atoms with Crippen LogP contribution < -0.4 is 5.73 Å². The summed E-state index contributed by atoms with van der Waals surface area (Å²) in [5.41, 5.74) is 7.00. The molecule has 1 aliphatic rings. The van der Waals surface area contributed by atoms with Crippen LogP contribution in [0.25, 0.3) is 0 Å². The van der Waals surface area contributed by atoms with Crippen molar-refractivity contribution in [3.63, 3.8) is 0 Å². The van der Waals surface area contributed by atoms with Gasteiger partial charge < -0.3 is 10.8 Å². The summed E-state index contributed by atoms with van der Waals surface area (Å²) in [7, 11) is 0. The molecule has 1 aromatic rings. The fourth-order valence-corrected chi connectivity index (χ4v) is 2.33. The van der Waals surface area contributed by atoms with Gasteiger partial charge in [0, 0.05) is 23.6 Å². The van der Waals surface area contributed by atoms with Crippen molar-refractivity contribution < 1.29 is 5.11 Å². The summed E-state index contributed by atoms with van der Waals surface area (Å²) in [4.78, 5) is 0. The predicted octanol–water partition coefficient (Wildman–Crippen LogP) is 1.76. The van der Waals surface area contributed by atoms with E-state index in [0.29, 0.717) is 5.92 Å². The molecule has 0 unspecified atom stereocenters. The number of hydrogen-bond donors (Lipinski definition) is 2. The smallest absolute Gasteiger partial charge is 0.0479 e. The Morgan fingerprint density at radius 3 is 2.86 bits per heavy atom. The topological polar surface area (TPSA) is 46.2 Å². The lowest BCUT2D eigenvalue weighted by atomic mass is 9.67. The quantitative estimate of drug-likeness (QED) is 0.783. The summed E-state index contributed by atoms with van der Waals surface area (Å²) in [6.45, 7) is 0.165. The first-order valence-corrected chi connectivity index (χ1v) is 5.22. The minimum atomic E-state index is 0.143. The highest BCUT2D eigenvalue weighted by molar-refractivity contribution is 6.30. The van der Waals surface area contributed by atoms with Gasteiger partial charge in [-0.3, -0.25) is 0 Å². The molecule has 0 amide bonds. The SMILES string of the molecule is N[C@@H]1C[C@H](c2cccc(Cl)c2)[C@H]1CO. The van der Waals surface area contributed by atoms with Crippen LogP contribution in [0.3, 0.4) is 0 Å². The fourth-order valence-electron chi connectivity index (χ4n) is 2.13. The molecular weight excluding hydrogens is 198 g/mol. The van der Waals surface area contributed by atoms with E-state index in [9.17, 15) is 0 Å². The lowest BCUT2D eigenvalue weighted by Crippen LogP contribution is -2.47. The Hall–Kier alpha value is -0.570. The molecule has 0 aliphatic heterocycles. The van der Waals surface area contributed by atoms with Crippen LogP contribution in [0, 0.1) is 5.92 Å². The van der Waals surface area contributed by atoms with Gasteiger partial charge >= 0.3 is 0 Å². The Kier molecular flexibility index (Phi) is 2.77. The third-order valence-corrected chi connectivity index (χ3v) is 3.32. The van der Waals surface area contributed by atoms with E-state index >= 15 is 0 Å². The molecule has 1 fully saturated rings. The van der Waals surface area contributed by atoms with Crippen LogP contribution in [-0.2, 0) is 0 Å². The number of aliphatic hydroxyl groups is 1. The summed E-state index contributed by atoms with van der Waals surface area (Å²) >= 11 is 5.90. The van der Waals surface area contributed by atoms with Crippen LogP contribution in [-0.4, -0.2) is 17.8 Å². The van der Waals surface area contributed by atoms with Crippen LogP contribution in [0.5, 0.6) is 0 Å². The molecule has 2 nitrogen and oxygen atoms in total. The second-order valence-corrected chi connectivity index (χ2v) is 4.34. The maximum absolute atomic E-state index is 9.14. The van der Waals surface area contributed by atoms with Crippen molar-refractivity contribution in [2.24, 2.45) is 11.7 Å². The van der Waals surface area contributed by atoms with E-state index in [1.807, 2.05) is 24.3 Å². The van der Waals surface area contributed by atoms with Gasteiger partial charge in [0.1, 0.15) is 0 Å². The van der Waals surface area contributed by atoms with Crippen LogP contribution in [0.15, 0.2) is 24.3 Å². The van der Waals surface area contributed by atoms with E-state index in [0.717, 1.165) is 11.4 Å². The predicted molar refractivity (Wildman–Crippen MR) is 57.4 cm³/mol. The Morgan fingerprint density at radius 2 is 2.29 bits per heavy atom. The van der Waals surface area contributed by atoms with Crippen LogP contribution >= 0.6 is 11.6 Å². The summed E-state index contributed by atoms with van der Waals surface area (Å²) in [6.07, 6.45) is 0.950. The van der Waals surface area contributed by atoms with Crippen LogP contribution in [0.2, 0.25) is 5.02 Å². The van der Waals surface area contributed by atoms with Crippen molar-refractivity contribution in [3.05, 3.63) is 34.9 Å². The van der Waals surface area contributed by atoms with Crippen molar-refractivity contribution in [1.82, 2.24) is 0 Å². The number of halogens is 1. The van der Waals surface area contributed by atoms with Crippen molar-refractivity contribution in [2.75, 3.05) is 6.61 Å². The molecule has 76 valence electrons. The molecule has 1 aromatic carbocycles. The third kappa shape index (κ3) is 1.65. The van der Waals surface area contributed by atoms with Crippen molar-refractivity contribution >= 4 is 11.6 Å². The van der Waals surface area contributed by atoms with Crippen molar-refractivity contribution in [2.45, 2.75) is 18.4 Å².